The van der Waals surface area contributed by atoms with Gasteiger partial charge < -0.3 is 0 Å². The first-order valence-corrected chi connectivity index (χ1v) is 7.12. The first-order valence-electron chi connectivity index (χ1n) is 4.75. The maximum absolute atomic E-state index is 12.5. The molecule has 1 rings (SSSR count). The molecule has 0 amide bonds. The molecule has 1 unspecified atom stereocenters. The molecule has 0 aliphatic rings. The minimum absolute atomic E-state index is 0.0109. The standard InChI is InChI=1S/C10H10ClF3O2S/c11-17(15,16)9(10(12,13)14)7-6-8-4-2-1-3-5-8/h1-5,9H,6-7H2. The summed E-state index contributed by atoms with van der Waals surface area (Å²) in [4.78, 5) is 0. The van der Waals surface area contributed by atoms with Gasteiger partial charge in [-0.05, 0) is 18.4 Å². The van der Waals surface area contributed by atoms with Crippen molar-refractivity contribution >= 4 is 19.7 Å². The summed E-state index contributed by atoms with van der Waals surface area (Å²) in [5.74, 6) is 0. The molecule has 0 aromatic heterocycles. The lowest BCUT2D eigenvalue weighted by atomic mass is 10.1. The highest BCUT2D eigenvalue weighted by molar-refractivity contribution is 8.14. The fourth-order valence-corrected chi connectivity index (χ4v) is 2.70. The molecule has 0 saturated carbocycles. The van der Waals surface area contributed by atoms with Gasteiger partial charge >= 0.3 is 6.18 Å². The molecule has 17 heavy (non-hydrogen) atoms. The maximum atomic E-state index is 12.5. The van der Waals surface area contributed by atoms with E-state index in [0.717, 1.165) is 0 Å². The topological polar surface area (TPSA) is 34.1 Å². The van der Waals surface area contributed by atoms with Crippen molar-refractivity contribution in [2.45, 2.75) is 24.3 Å². The van der Waals surface area contributed by atoms with Crippen LogP contribution in [0.2, 0.25) is 0 Å². The van der Waals surface area contributed by atoms with Crippen LogP contribution in [0.15, 0.2) is 30.3 Å². The summed E-state index contributed by atoms with van der Waals surface area (Å²) in [6.07, 6.45) is -5.40. The largest absolute Gasteiger partial charge is 0.406 e. The van der Waals surface area contributed by atoms with E-state index in [2.05, 4.69) is 0 Å². The summed E-state index contributed by atoms with van der Waals surface area (Å²) in [5, 5.41) is -2.52. The van der Waals surface area contributed by atoms with E-state index in [1.807, 2.05) is 0 Å². The Bertz CT molecular complexity index is 456. The Morgan fingerprint density at radius 1 is 1.18 bits per heavy atom. The molecule has 0 N–H and O–H groups in total. The minimum atomic E-state index is -4.84. The van der Waals surface area contributed by atoms with Crippen LogP contribution in [0.1, 0.15) is 12.0 Å². The van der Waals surface area contributed by atoms with Gasteiger partial charge in [-0.25, -0.2) is 8.42 Å². The van der Waals surface area contributed by atoms with Crippen LogP contribution < -0.4 is 0 Å². The second kappa shape index (κ2) is 5.27. The second-order valence-electron chi connectivity index (χ2n) is 3.53. The summed E-state index contributed by atoms with van der Waals surface area (Å²) >= 11 is 0. The van der Waals surface area contributed by atoms with Crippen LogP contribution in [0.5, 0.6) is 0 Å². The third kappa shape index (κ3) is 4.55. The number of rotatable bonds is 4. The van der Waals surface area contributed by atoms with E-state index >= 15 is 0 Å². The molecule has 0 bridgehead atoms. The Kier molecular flexibility index (Phi) is 4.43. The molecule has 96 valence electrons. The number of halogens is 4. The monoisotopic (exact) mass is 286 g/mol. The van der Waals surface area contributed by atoms with Crippen molar-refractivity contribution in [2.75, 3.05) is 0 Å². The van der Waals surface area contributed by atoms with Crippen molar-refractivity contribution in [2.24, 2.45) is 0 Å². The minimum Gasteiger partial charge on any atom is -0.212 e. The quantitative estimate of drug-likeness (QED) is 0.797. The number of aryl methyl sites for hydroxylation is 1. The molecule has 0 heterocycles. The highest BCUT2D eigenvalue weighted by atomic mass is 35.7. The van der Waals surface area contributed by atoms with Gasteiger partial charge in [0, 0.05) is 10.7 Å². The average Bonchev–Trinajstić information content (AvgIpc) is 2.15. The van der Waals surface area contributed by atoms with E-state index in [1.165, 1.54) is 0 Å². The van der Waals surface area contributed by atoms with Crippen LogP contribution >= 0.6 is 10.7 Å². The Morgan fingerprint density at radius 3 is 2.12 bits per heavy atom. The molecule has 0 fully saturated rings. The van der Waals surface area contributed by atoms with Gasteiger partial charge in [0.05, 0.1) is 0 Å². The van der Waals surface area contributed by atoms with Gasteiger partial charge in [0.15, 0.2) is 5.25 Å². The Morgan fingerprint density at radius 2 is 1.71 bits per heavy atom. The van der Waals surface area contributed by atoms with E-state index in [0.29, 0.717) is 5.56 Å². The number of alkyl halides is 3. The molecule has 7 heteroatoms. The van der Waals surface area contributed by atoms with E-state index in [1.54, 1.807) is 30.3 Å². The number of hydrogen-bond acceptors (Lipinski definition) is 2. The molecular formula is C10H10ClF3O2S. The summed E-state index contributed by atoms with van der Waals surface area (Å²) in [6.45, 7) is 0. The van der Waals surface area contributed by atoms with Gasteiger partial charge in [0.25, 0.3) is 0 Å². The predicted octanol–water partition coefficient (Wildman–Crippen LogP) is 3.12. The smallest absolute Gasteiger partial charge is 0.212 e. The van der Waals surface area contributed by atoms with Crippen LogP contribution in [0, 0.1) is 0 Å². The first kappa shape index (κ1) is 14.3. The fraction of sp³-hybridized carbons (Fsp3) is 0.400. The van der Waals surface area contributed by atoms with Crippen molar-refractivity contribution in [3.63, 3.8) is 0 Å². The molecule has 1 atom stereocenters. The van der Waals surface area contributed by atoms with Crippen LogP contribution in [-0.2, 0) is 15.5 Å². The van der Waals surface area contributed by atoms with Gasteiger partial charge in [-0.1, -0.05) is 30.3 Å². The third-order valence-electron chi connectivity index (χ3n) is 2.24. The molecular weight excluding hydrogens is 277 g/mol. The fourth-order valence-electron chi connectivity index (χ4n) is 1.41. The zero-order chi connectivity index (χ0) is 13.1. The normalized spacial score (nSPS) is 14.6. The molecule has 0 radical (unpaired) electrons. The highest BCUT2D eigenvalue weighted by Crippen LogP contribution is 2.31. The summed E-state index contributed by atoms with van der Waals surface area (Å²) < 4.78 is 59.1. The van der Waals surface area contributed by atoms with Crippen molar-refractivity contribution in [1.29, 1.82) is 0 Å². The zero-order valence-electron chi connectivity index (χ0n) is 8.61. The summed E-state index contributed by atoms with van der Waals surface area (Å²) in [7, 11) is 0.157. The van der Waals surface area contributed by atoms with Crippen LogP contribution in [0.3, 0.4) is 0 Å². The van der Waals surface area contributed by atoms with E-state index in [4.69, 9.17) is 10.7 Å². The first-order chi connectivity index (χ1) is 7.71. The highest BCUT2D eigenvalue weighted by Gasteiger charge is 2.47. The van der Waals surface area contributed by atoms with Crippen molar-refractivity contribution < 1.29 is 21.6 Å². The summed E-state index contributed by atoms with van der Waals surface area (Å²) in [6, 6.07) is 8.34. The molecule has 1 aromatic carbocycles. The third-order valence-corrected chi connectivity index (χ3v) is 4.07. The van der Waals surface area contributed by atoms with Gasteiger partial charge in [-0.2, -0.15) is 13.2 Å². The molecule has 0 spiro atoms. The van der Waals surface area contributed by atoms with Gasteiger partial charge in [0.1, 0.15) is 0 Å². The maximum Gasteiger partial charge on any atom is 0.406 e. The Labute approximate surface area is 102 Å². The van der Waals surface area contributed by atoms with Crippen LogP contribution in [0.25, 0.3) is 0 Å². The number of hydrogen-bond donors (Lipinski definition) is 0. The molecule has 0 aliphatic heterocycles. The SMILES string of the molecule is O=S(=O)(Cl)C(CCc1ccccc1)C(F)(F)F. The zero-order valence-corrected chi connectivity index (χ0v) is 10.2. The van der Waals surface area contributed by atoms with Crippen LogP contribution in [-0.4, -0.2) is 19.8 Å². The lowest BCUT2D eigenvalue weighted by molar-refractivity contribution is -0.130. The molecule has 1 aromatic rings. The Hall–Kier alpha value is -0.750. The molecule has 2 nitrogen and oxygen atoms in total. The summed E-state index contributed by atoms with van der Waals surface area (Å²) in [5.41, 5.74) is 0.641. The van der Waals surface area contributed by atoms with Crippen molar-refractivity contribution in [3.05, 3.63) is 35.9 Å². The van der Waals surface area contributed by atoms with Crippen molar-refractivity contribution in [1.82, 2.24) is 0 Å². The second-order valence-corrected chi connectivity index (χ2v) is 6.34. The van der Waals surface area contributed by atoms with Crippen LogP contribution in [0.4, 0.5) is 13.2 Å². The van der Waals surface area contributed by atoms with Gasteiger partial charge in [-0.3, -0.25) is 0 Å². The van der Waals surface area contributed by atoms with E-state index < -0.39 is 26.9 Å². The molecule has 0 saturated heterocycles. The number of benzene rings is 1. The average molecular weight is 287 g/mol. The van der Waals surface area contributed by atoms with Gasteiger partial charge in [0.2, 0.25) is 9.05 Å². The van der Waals surface area contributed by atoms with E-state index in [9.17, 15) is 21.6 Å². The van der Waals surface area contributed by atoms with Crippen molar-refractivity contribution in [3.8, 4) is 0 Å². The lowest BCUT2D eigenvalue weighted by Gasteiger charge is -2.16. The molecule has 0 aliphatic carbocycles. The van der Waals surface area contributed by atoms with E-state index in [-0.39, 0.29) is 6.42 Å². The lowest BCUT2D eigenvalue weighted by Crippen LogP contribution is -2.34. The predicted molar refractivity (Wildman–Crippen MR) is 59.4 cm³/mol. The Balaban J connectivity index is 2.77. The van der Waals surface area contributed by atoms with Gasteiger partial charge in [-0.15, -0.1) is 0 Å².